The van der Waals surface area contributed by atoms with Gasteiger partial charge in [-0.15, -0.1) is 0 Å². The van der Waals surface area contributed by atoms with Crippen LogP contribution in [0.5, 0.6) is 0 Å². The van der Waals surface area contributed by atoms with Crippen LogP contribution in [0.2, 0.25) is 0 Å². The molecule has 0 unspecified atom stereocenters. The molecular weight excluding hydrogens is 260 g/mol. The lowest BCUT2D eigenvalue weighted by molar-refractivity contribution is -0.137. The van der Waals surface area contributed by atoms with E-state index in [1.54, 1.807) is 0 Å². The van der Waals surface area contributed by atoms with Crippen LogP contribution in [0.1, 0.15) is 53.4 Å². The summed E-state index contributed by atoms with van der Waals surface area (Å²) in [7, 11) is 0. The fourth-order valence-corrected chi connectivity index (χ4v) is 4.35. The maximum absolute atomic E-state index is 10.9. The smallest absolute Gasteiger partial charge is 0.303 e. The van der Waals surface area contributed by atoms with Gasteiger partial charge in [-0.2, -0.15) is 0 Å². The second kappa shape index (κ2) is 4.73. The minimum absolute atomic E-state index is 0.276. The third kappa shape index (κ3) is 1.90. The lowest BCUT2D eigenvalue weighted by Gasteiger charge is -2.45. The minimum Gasteiger partial charge on any atom is -0.481 e. The average molecular weight is 278 g/mol. The molecule has 0 spiro atoms. The fourth-order valence-electron chi connectivity index (χ4n) is 4.35. The van der Waals surface area contributed by atoms with Gasteiger partial charge in [-0.3, -0.25) is 4.79 Å². The molecule has 0 heterocycles. The monoisotopic (exact) mass is 278 g/mol. The van der Waals surface area contributed by atoms with Crippen molar-refractivity contribution in [2.45, 2.75) is 31.1 Å². The predicted molar refractivity (Wildman–Crippen MR) is 81.5 cm³/mol. The summed E-state index contributed by atoms with van der Waals surface area (Å²) in [6.07, 6.45) is 2.14. The van der Waals surface area contributed by atoms with E-state index in [1.807, 2.05) is 0 Å². The van der Waals surface area contributed by atoms with Crippen LogP contribution in [0.4, 0.5) is 0 Å². The molecule has 0 radical (unpaired) electrons. The van der Waals surface area contributed by atoms with Gasteiger partial charge in [0.2, 0.25) is 0 Å². The Kier molecular flexibility index (Phi) is 2.85. The van der Waals surface area contributed by atoms with Crippen LogP contribution in [0.15, 0.2) is 48.5 Å². The SMILES string of the molecule is O=C(O)CC[C@@H]1CC2c3ccccc3C1c1ccccc12. The number of carboxylic acids is 1. The molecule has 21 heavy (non-hydrogen) atoms. The molecule has 0 aliphatic heterocycles. The summed E-state index contributed by atoms with van der Waals surface area (Å²) in [5.41, 5.74) is 5.74. The van der Waals surface area contributed by atoms with Gasteiger partial charge in [0.25, 0.3) is 0 Å². The lowest BCUT2D eigenvalue weighted by atomic mass is 9.58. The van der Waals surface area contributed by atoms with E-state index in [2.05, 4.69) is 48.5 Å². The van der Waals surface area contributed by atoms with Crippen molar-refractivity contribution in [1.29, 1.82) is 0 Å². The number of fused-ring (bicyclic) bond motifs is 1. The Labute approximate surface area is 124 Å². The average Bonchev–Trinajstić information content (AvgIpc) is 2.53. The summed E-state index contributed by atoms with van der Waals surface area (Å²) >= 11 is 0. The van der Waals surface area contributed by atoms with E-state index in [9.17, 15) is 4.79 Å². The third-order valence-electron chi connectivity index (χ3n) is 5.15. The molecule has 0 amide bonds. The van der Waals surface area contributed by atoms with Crippen molar-refractivity contribution in [3.8, 4) is 0 Å². The second-order valence-electron chi connectivity index (χ2n) is 6.22. The van der Waals surface area contributed by atoms with Crippen molar-refractivity contribution in [3.05, 3.63) is 70.8 Å². The maximum atomic E-state index is 10.9. The normalized spacial score (nSPS) is 25.2. The highest BCUT2D eigenvalue weighted by Gasteiger charge is 2.42. The van der Waals surface area contributed by atoms with Crippen LogP contribution in [0.3, 0.4) is 0 Å². The van der Waals surface area contributed by atoms with Gasteiger partial charge in [0, 0.05) is 18.3 Å². The molecule has 3 aliphatic rings. The molecular formula is C19H18O2. The molecule has 2 heteroatoms. The van der Waals surface area contributed by atoms with Gasteiger partial charge < -0.3 is 5.11 Å². The fraction of sp³-hybridized carbons (Fsp3) is 0.316. The lowest BCUT2D eigenvalue weighted by Crippen LogP contribution is -2.32. The summed E-state index contributed by atoms with van der Waals surface area (Å²) in [6, 6.07) is 17.4. The molecule has 1 atom stereocenters. The highest BCUT2D eigenvalue weighted by atomic mass is 16.4. The molecule has 1 N–H and O–H groups in total. The number of carboxylic acid groups (broad SMARTS) is 1. The highest BCUT2D eigenvalue weighted by molar-refractivity contribution is 5.66. The number of benzene rings is 2. The van der Waals surface area contributed by atoms with Gasteiger partial charge in [-0.25, -0.2) is 0 Å². The largest absolute Gasteiger partial charge is 0.481 e. The van der Waals surface area contributed by atoms with E-state index in [1.165, 1.54) is 22.3 Å². The van der Waals surface area contributed by atoms with E-state index in [0.717, 1.165) is 12.8 Å². The van der Waals surface area contributed by atoms with Crippen LogP contribution < -0.4 is 0 Å². The number of carbonyl (C=O) groups is 1. The molecule has 0 fully saturated rings. The summed E-state index contributed by atoms with van der Waals surface area (Å²) in [4.78, 5) is 10.9. The summed E-state index contributed by atoms with van der Waals surface area (Å²) in [5, 5.41) is 9.00. The zero-order valence-electron chi connectivity index (χ0n) is 11.8. The van der Waals surface area contributed by atoms with Crippen molar-refractivity contribution >= 4 is 5.97 Å². The second-order valence-corrected chi connectivity index (χ2v) is 6.22. The topological polar surface area (TPSA) is 37.3 Å². The van der Waals surface area contributed by atoms with E-state index >= 15 is 0 Å². The van der Waals surface area contributed by atoms with E-state index in [4.69, 9.17) is 5.11 Å². The Bertz CT molecular complexity index is 657. The molecule has 2 aromatic carbocycles. The standard InChI is InChI=1S/C19H18O2/c20-18(21)10-9-12-11-17-13-5-1-3-7-15(13)19(12)16-8-4-2-6-14(16)17/h1-8,12,17,19H,9-11H2,(H,20,21)/t12-,17?,19?/m1/s1. The minimum atomic E-state index is -0.682. The van der Waals surface area contributed by atoms with Crippen LogP contribution in [0.25, 0.3) is 0 Å². The van der Waals surface area contributed by atoms with Crippen LogP contribution >= 0.6 is 0 Å². The van der Waals surface area contributed by atoms with Gasteiger partial charge in [0.1, 0.15) is 0 Å². The first kappa shape index (κ1) is 12.6. The Morgan fingerprint density at radius 2 is 1.48 bits per heavy atom. The zero-order valence-corrected chi connectivity index (χ0v) is 11.8. The quantitative estimate of drug-likeness (QED) is 0.915. The Balaban J connectivity index is 1.81. The molecule has 2 aromatic rings. The van der Waals surface area contributed by atoms with Crippen LogP contribution in [0, 0.1) is 5.92 Å². The molecule has 2 bridgehead atoms. The number of hydrogen-bond acceptors (Lipinski definition) is 1. The number of aliphatic carboxylic acids is 1. The van der Waals surface area contributed by atoms with Gasteiger partial charge in [0.15, 0.2) is 0 Å². The van der Waals surface area contributed by atoms with Crippen LogP contribution in [-0.4, -0.2) is 11.1 Å². The molecule has 0 saturated heterocycles. The maximum Gasteiger partial charge on any atom is 0.303 e. The van der Waals surface area contributed by atoms with Crippen molar-refractivity contribution in [1.82, 2.24) is 0 Å². The van der Waals surface area contributed by atoms with Crippen molar-refractivity contribution in [3.63, 3.8) is 0 Å². The molecule has 5 rings (SSSR count). The number of rotatable bonds is 3. The van der Waals surface area contributed by atoms with E-state index < -0.39 is 5.97 Å². The molecule has 0 aromatic heterocycles. The van der Waals surface area contributed by atoms with E-state index in [-0.39, 0.29) is 6.42 Å². The third-order valence-corrected chi connectivity index (χ3v) is 5.15. The summed E-state index contributed by atoms with van der Waals surface area (Å²) < 4.78 is 0. The van der Waals surface area contributed by atoms with Crippen LogP contribution in [-0.2, 0) is 4.79 Å². The first-order chi connectivity index (χ1) is 10.3. The Hall–Kier alpha value is -2.09. The zero-order chi connectivity index (χ0) is 14.4. The molecule has 0 saturated carbocycles. The molecule has 3 aliphatic carbocycles. The van der Waals surface area contributed by atoms with Gasteiger partial charge >= 0.3 is 5.97 Å². The highest BCUT2D eigenvalue weighted by Crippen LogP contribution is 2.56. The van der Waals surface area contributed by atoms with Gasteiger partial charge in [-0.1, -0.05) is 48.5 Å². The molecule has 106 valence electrons. The van der Waals surface area contributed by atoms with Crippen molar-refractivity contribution in [2.75, 3.05) is 0 Å². The summed E-state index contributed by atoms with van der Waals surface area (Å²) in [5.74, 6) is 0.594. The Morgan fingerprint density at radius 1 is 0.952 bits per heavy atom. The Morgan fingerprint density at radius 3 is 2.00 bits per heavy atom. The van der Waals surface area contributed by atoms with Crippen molar-refractivity contribution in [2.24, 2.45) is 5.92 Å². The molecule has 2 nitrogen and oxygen atoms in total. The number of hydrogen-bond donors (Lipinski definition) is 1. The van der Waals surface area contributed by atoms with Crippen molar-refractivity contribution < 1.29 is 9.90 Å². The predicted octanol–water partition coefficient (Wildman–Crippen LogP) is 4.15. The first-order valence-corrected chi connectivity index (χ1v) is 7.65. The van der Waals surface area contributed by atoms with Gasteiger partial charge in [0.05, 0.1) is 0 Å². The van der Waals surface area contributed by atoms with E-state index in [0.29, 0.717) is 17.8 Å². The van der Waals surface area contributed by atoms with Gasteiger partial charge in [-0.05, 0) is 41.0 Å². The summed E-state index contributed by atoms with van der Waals surface area (Å²) in [6.45, 7) is 0. The first-order valence-electron chi connectivity index (χ1n) is 7.65.